The summed E-state index contributed by atoms with van der Waals surface area (Å²) in [5, 5.41) is 12.9. The van der Waals surface area contributed by atoms with Crippen molar-refractivity contribution in [1.29, 1.82) is 0 Å². The molecule has 0 aliphatic carbocycles. The van der Waals surface area contributed by atoms with Gasteiger partial charge in [-0.3, -0.25) is 0 Å². The molecule has 1 aliphatic rings. The Labute approximate surface area is 111 Å². The highest BCUT2D eigenvalue weighted by molar-refractivity contribution is 5.21. The zero-order chi connectivity index (χ0) is 13.7. The smallest absolute Gasteiger partial charge is 0.129 e. The molecule has 1 heterocycles. The van der Waals surface area contributed by atoms with Crippen LogP contribution in [0.2, 0.25) is 0 Å². The van der Waals surface area contributed by atoms with Gasteiger partial charge in [0.25, 0.3) is 0 Å². The van der Waals surface area contributed by atoms with E-state index in [0.717, 1.165) is 44.1 Å². The standard InChI is InChI=1S/C14H19F2NO2/c15-10-4-5-13(16)12(7-10)14(18)9-17-8-11-3-1-2-6-19-11/h4-5,7,11,14,17-18H,1-3,6,8-9H2. The van der Waals surface area contributed by atoms with Crippen molar-refractivity contribution in [2.24, 2.45) is 0 Å². The minimum Gasteiger partial charge on any atom is -0.387 e. The Hall–Kier alpha value is -1.04. The van der Waals surface area contributed by atoms with Gasteiger partial charge in [-0.25, -0.2) is 8.78 Å². The summed E-state index contributed by atoms with van der Waals surface area (Å²) in [6.45, 7) is 1.57. The van der Waals surface area contributed by atoms with Crippen molar-refractivity contribution >= 4 is 0 Å². The summed E-state index contributed by atoms with van der Waals surface area (Å²) in [5.41, 5.74) is -0.0166. The van der Waals surface area contributed by atoms with Gasteiger partial charge < -0.3 is 15.2 Å². The second-order valence-corrected chi connectivity index (χ2v) is 4.83. The van der Waals surface area contributed by atoms with E-state index in [1.54, 1.807) is 0 Å². The van der Waals surface area contributed by atoms with Crippen LogP contribution in [0.15, 0.2) is 18.2 Å². The summed E-state index contributed by atoms with van der Waals surface area (Å²) in [4.78, 5) is 0. The molecule has 3 nitrogen and oxygen atoms in total. The molecule has 0 amide bonds. The first-order valence-electron chi connectivity index (χ1n) is 6.62. The number of halogens is 2. The van der Waals surface area contributed by atoms with E-state index >= 15 is 0 Å². The van der Waals surface area contributed by atoms with Crippen LogP contribution >= 0.6 is 0 Å². The van der Waals surface area contributed by atoms with Gasteiger partial charge in [-0.15, -0.1) is 0 Å². The minimum atomic E-state index is -1.06. The van der Waals surface area contributed by atoms with Gasteiger partial charge in [0, 0.05) is 25.3 Å². The van der Waals surface area contributed by atoms with E-state index in [9.17, 15) is 13.9 Å². The molecule has 1 aliphatic heterocycles. The summed E-state index contributed by atoms with van der Waals surface area (Å²) in [7, 11) is 0. The van der Waals surface area contributed by atoms with Gasteiger partial charge in [0.05, 0.1) is 12.2 Å². The molecule has 106 valence electrons. The molecule has 0 bridgehead atoms. The molecule has 2 atom stereocenters. The van der Waals surface area contributed by atoms with Gasteiger partial charge in [-0.1, -0.05) is 0 Å². The average Bonchev–Trinajstić information content (AvgIpc) is 2.42. The molecule has 2 N–H and O–H groups in total. The highest BCUT2D eigenvalue weighted by Gasteiger charge is 2.16. The highest BCUT2D eigenvalue weighted by Crippen LogP contribution is 2.18. The van der Waals surface area contributed by atoms with Gasteiger partial charge in [0.1, 0.15) is 11.6 Å². The summed E-state index contributed by atoms with van der Waals surface area (Å²) >= 11 is 0. The molecule has 19 heavy (non-hydrogen) atoms. The van der Waals surface area contributed by atoms with E-state index in [1.807, 2.05) is 0 Å². The maximum absolute atomic E-state index is 13.4. The molecule has 2 rings (SSSR count). The van der Waals surface area contributed by atoms with Crippen LogP contribution in [0, 0.1) is 11.6 Å². The Morgan fingerprint density at radius 1 is 1.37 bits per heavy atom. The summed E-state index contributed by atoms with van der Waals surface area (Å²) in [6.07, 6.45) is 2.33. The van der Waals surface area contributed by atoms with E-state index in [4.69, 9.17) is 4.74 Å². The Balaban J connectivity index is 1.80. The van der Waals surface area contributed by atoms with Gasteiger partial charge in [-0.05, 0) is 37.5 Å². The zero-order valence-corrected chi connectivity index (χ0v) is 10.7. The van der Waals surface area contributed by atoms with Crippen LogP contribution in [0.25, 0.3) is 0 Å². The third-order valence-corrected chi connectivity index (χ3v) is 3.30. The maximum atomic E-state index is 13.4. The molecule has 0 aromatic heterocycles. The lowest BCUT2D eigenvalue weighted by Crippen LogP contribution is -2.34. The fraction of sp³-hybridized carbons (Fsp3) is 0.571. The summed E-state index contributed by atoms with van der Waals surface area (Å²) in [6, 6.07) is 3.09. The highest BCUT2D eigenvalue weighted by atomic mass is 19.1. The molecule has 1 aromatic rings. The van der Waals surface area contributed by atoms with Crippen LogP contribution in [-0.2, 0) is 4.74 Å². The lowest BCUT2D eigenvalue weighted by Gasteiger charge is -2.23. The third kappa shape index (κ3) is 4.23. The first-order valence-corrected chi connectivity index (χ1v) is 6.62. The summed E-state index contributed by atoms with van der Waals surface area (Å²) in [5.74, 6) is -1.14. The Bertz CT molecular complexity index is 408. The number of hydrogen-bond donors (Lipinski definition) is 2. The maximum Gasteiger partial charge on any atom is 0.129 e. The first kappa shape index (κ1) is 14.4. The van der Waals surface area contributed by atoms with Crippen LogP contribution in [-0.4, -0.2) is 30.9 Å². The van der Waals surface area contributed by atoms with Gasteiger partial charge in [-0.2, -0.15) is 0 Å². The van der Waals surface area contributed by atoms with Crippen molar-refractivity contribution < 1.29 is 18.6 Å². The van der Waals surface area contributed by atoms with E-state index < -0.39 is 17.7 Å². The molecule has 2 unspecified atom stereocenters. The number of hydrogen-bond acceptors (Lipinski definition) is 3. The van der Waals surface area contributed by atoms with Crippen molar-refractivity contribution in [1.82, 2.24) is 5.32 Å². The number of aliphatic hydroxyl groups is 1. The van der Waals surface area contributed by atoms with Gasteiger partial charge in [0.2, 0.25) is 0 Å². The molecule has 0 spiro atoms. The predicted molar refractivity (Wildman–Crippen MR) is 67.8 cm³/mol. The van der Waals surface area contributed by atoms with E-state index in [1.165, 1.54) is 0 Å². The largest absolute Gasteiger partial charge is 0.387 e. The third-order valence-electron chi connectivity index (χ3n) is 3.30. The normalized spacial score (nSPS) is 21.3. The van der Waals surface area contributed by atoms with Crippen molar-refractivity contribution in [3.05, 3.63) is 35.4 Å². The van der Waals surface area contributed by atoms with E-state index in [0.29, 0.717) is 6.54 Å². The number of nitrogens with one attached hydrogen (secondary N) is 1. The Morgan fingerprint density at radius 2 is 2.21 bits per heavy atom. The molecule has 0 saturated carbocycles. The zero-order valence-electron chi connectivity index (χ0n) is 10.7. The number of benzene rings is 1. The van der Waals surface area contributed by atoms with Crippen LogP contribution in [0.4, 0.5) is 8.78 Å². The summed E-state index contributed by atoms with van der Waals surface area (Å²) < 4.78 is 32.0. The van der Waals surface area contributed by atoms with Crippen LogP contribution in [0.5, 0.6) is 0 Å². The second-order valence-electron chi connectivity index (χ2n) is 4.83. The van der Waals surface area contributed by atoms with Crippen molar-refractivity contribution in [2.45, 2.75) is 31.5 Å². The molecular formula is C14H19F2NO2. The average molecular weight is 271 g/mol. The van der Waals surface area contributed by atoms with Crippen LogP contribution < -0.4 is 5.32 Å². The molecule has 0 radical (unpaired) electrons. The lowest BCUT2D eigenvalue weighted by atomic mass is 10.1. The number of aliphatic hydroxyl groups excluding tert-OH is 1. The van der Waals surface area contributed by atoms with E-state index in [2.05, 4.69) is 5.32 Å². The fourth-order valence-corrected chi connectivity index (χ4v) is 2.23. The molecule has 1 saturated heterocycles. The van der Waals surface area contributed by atoms with Gasteiger partial charge in [0.15, 0.2) is 0 Å². The molecular weight excluding hydrogens is 252 g/mol. The van der Waals surface area contributed by atoms with Crippen molar-refractivity contribution in [3.63, 3.8) is 0 Å². The second kappa shape index (κ2) is 6.93. The molecule has 5 heteroatoms. The minimum absolute atomic E-state index is 0.0166. The number of rotatable bonds is 5. The number of ether oxygens (including phenoxy) is 1. The van der Waals surface area contributed by atoms with Crippen LogP contribution in [0.1, 0.15) is 30.9 Å². The monoisotopic (exact) mass is 271 g/mol. The van der Waals surface area contributed by atoms with Gasteiger partial charge >= 0.3 is 0 Å². The Morgan fingerprint density at radius 3 is 2.95 bits per heavy atom. The van der Waals surface area contributed by atoms with Crippen molar-refractivity contribution in [2.75, 3.05) is 19.7 Å². The SMILES string of the molecule is OC(CNCC1CCCCO1)c1cc(F)ccc1F. The molecule has 1 aromatic carbocycles. The van der Waals surface area contributed by atoms with Crippen LogP contribution in [0.3, 0.4) is 0 Å². The molecule has 1 fully saturated rings. The predicted octanol–water partition coefficient (Wildman–Crippen LogP) is 2.16. The quantitative estimate of drug-likeness (QED) is 0.862. The van der Waals surface area contributed by atoms with Crippen molar-refractivity contribution in [3.8, 4) is 0 Å². The lowest BCUT2D eigenvalue weighted by molar-refractivity contribution is 0.0151. The topological polar surface area (TPSA) is 41.5 Å². The van der Waals surface area contributed by atoms with E-state index in [-0.39, 0.29) is 18.2 Å². The first-order chi connectivity index (χ1) is 9.16. The fourth-order valence-electron chi connectivity index (χ4n) is 2.23. The Kier molecular flexibility index (Phi) is 5.24.